The molecule has 13 rings (SSSR count). The highest BCUT2D eigenvalue weighted by Crippen LogP contribution is 2.47. The zero-order valence-corrected chi connectivity index (χ0v) is 37.6. The predicted octanol–water partition coefficient (Wildman–Crippen LogP) is 12.0. The standard InChI is InChI=1S/C61H48B2N2/c1-38(2)39-24-26-40(27-25-39)42-32-49-47-20-12-14-22-51(47)62-53-37-56-54(36-55(53)64(57(34-42)59(49)62)45-16-8-6-9-17-45)63-52-23-15-13-21-48(52)50-33-43(41-28-30-44(31-29-41)61(3,4)5)35-58(60(50)63)65(56)46-18-10-7-11-19-46/h6-38H,1-5H3. The van der Waals surface area contributed by atoms with Crippen molar-refractivity contribution >= 4 is 80.3 Å². The maximum atomic E-state index is 2.58. The molecule has 0 saturated carbocycles. The molecule has 4 aliphatic heterocycles. The highest BCUT2D eigenvalue weighted by Gasteiger charge is 2.47. The van der Waals surface area contributed by atoms with Crippen molar-refractivity contribution in [2.45, 2.75) is 46.0 Å². The first-order valence-electron chi connectivity index (χ1n) is 23.3. The zero-order valence-electron chi connectivity index (χ0n) is 37.6. The Morgan fingerprint density at radius 1 is 0.369 bits per heavy atom. The second-order valence-electron chi connectivity index (χ2n) is 19.9. The number of rotatable bonds is 5. The van der Waals surface area contributed by atoms with Gasteiger partial charge >= 0.3 is 0 Å². The molecular weight excluding hydrogens is 782 g/mol. The van der Waals surface area contributed by atoms with Crippen LogP contribution >= 0.6 is 0 Å². The van der Waals surface area contributed by atoms with Crippen LogP contribution in [0.25, 0.3) is 44.5 Å². The van der Waals surface area contributed by atoms with Gasteiger partial charge in [0.25, 0.3) is 0 Å². The lowest BCUT2D eigenvalue weighted by Gasteiger charge is -2.41. The Labute approximate surface area is 384 Å². The van der Waals surface area contributed by atoms with Gasteiger partial charge in [0.1, 0.15) is 0 Å². The van der Waals surface area contributed by atoms with Crippen LogP contribution in [0.3, 0.4) is 0 Å². The first kappa shape index (κ1) is 38.2. The number of para-hydroxylation sites is 2. The van der Waals surface area contributed by atoms with E-state index < -0.39 is 0 Å². The van der Waals surface area contributed by atoms with Gasteiger partial charge < -0.3 is 9.80 Å². The summed E-state index contributed by atoms with van der Waals surface area (Å²) in [5.41, 5.74) is 28.6. The fourth-order valence-electron chi connectivity index (χ4n) is 11.6. The van der Waals surface area contributed by atoms with Crippen LogP contribution in [-0.4, -0.2) is 13.4 Å². The summed E-state index contributed by atoms with van der Waals surface area (Å²) in [5, 5.41) is 0. The van der Waals surface area contributed by atoms with Crippen LogP contribution in [0.5, 0.6) is 0 Å². The van der Waals surface area contributed by atoms with E-state index in [1.54, 1.807) is 0 Å². The van der Waals surface area contributed by atoms with E-state index in [0.29, 0.717) is 5.92 Å². The van der Waals surface area contributed by atoms with Crippen LogP contribution in [0.15, 0.2) is 194 Å². The third-order valence-electron chi connectivity index (χ3n) is 14.8. The van der Waals surface area contributed by atoms with Gasteiger partial charge in [-0.1, -0.05) is 179 Å². The molecule has 0 atom stereocenters. The van der Waals surface area contributed by atoms with E-state index >= 15 is 0 Å². The van der Waals surface area contributed by atoms with Crippen molar-refractivity contribution < 1.29 is 0 Å². The molecule has 0 saturated heterocycles. The topological polar surface area (TPSA) is 6.48 Å². The molecular formula is C61H48B2N2. The Bertz CT molecular complexity index is 3380. The molecule has 0 N–H and O–H groups in total. The van der Waals surface area contributed by atoms with Crippen molar-refractivity contribution in [2.75, 3.05) is 9.80 Å². The molecule has 4 heterocycles. The van der Waals surface area contributed by atoms with Crippen LogP contribution in [-0.2, 0) is 5.41 Å². The average Bonchev–Trinajstić information content (AvgIpc) is 3.86. The van der Waals surface area contributed by atoms with E-state index in [4.69, 9.17) is 0 Å². The maximum Gasteiger partial charge on any atom is 0.248 e. The Morgan fingerprint density at radius 2 is 0.785 bits per heavy atom. The molecule has 9 aromatic carbocycles. The molecule has 0 fully saturated rings. The molecule has 0 amide bonds. The van der Waals surface area contributed by atoms with Crippen LogP contribution in [0.4, 0.5) is 34.1 Å². The molecule has 65 heavy (non-hydrogen) atoms. The first-order valence-corrected chi connectivity index (χ1v) is 23.3. The van der Waals surface area contributed by atoms with Crippen molar-refractivity contribution in [3.05, 3.63) is 205 Å². The number of hydrogen-bond donors (Lipinski definition) is 0. The van der Waals surface area contributed by atoms with Gasteiger partial charge in [0.15, 0.2) is 0 Å². The Balaban J connectivity index is 1.09. The Hall–Kier alpha value is -7.29. The third-order valence-corrected chi connectivity index (χ3v) is 14.8. The molecule has 0 unspecified atom stereocenters. The van der Waals surface area contributed by atoms with Crippen molar-refractivity contribution in [1.82, 2.24) is 0 Å². The molecule has 0 spiro atoms. The minimum Gasteiger partial charge on any atom is -0.311 e. The van der Waals surface area contributed by atoms with Crippen LogP contribution in [0.2, 0.25) is 0 Å². The Morgan fingerprint density at radius 3 is 1.22 bits per heavy atom. The molecule has 4 heteroatoms. The average molecular weight is 831 g/mol. The molecule has 0 radical (unpaired) electrons. The van der Waals surface area contributed by atoms with Crippen LogP contribution in [0.1, 0.15) is 51.7 Å². The molecule has 0 bridgehead atoms. The van der Waals surface area contributed by atoms with Crippen LogP contribution in [0, 0.1) is 0 Å². The van der Waals surface area contributed by atoms with Gasteiger partial charge in [-0.25, -0.2) is 0 Å². The molecule has 2 nitrogen and oxygen atoms in total. The highest BCUT2D eigenvalue weighted by atomic mass is 15.2. The zero-order chi connectivity index (χ0) is 43.7. The maximum absolute atomic E-state index is 2.58. The van der Waals surface area contributed by atoms with E-state index in [9.17, 15) is 0 Å². The summed E-state index contributed by atoms with van der Waals surface area (Å²) in [6, 6.07) is 74.1. The van der Waals surface area contributed by atoms with E-state index in [2.05, 4.69) is 239 Å². The minimum absolute atomic E-state index is 0.0741. The fourth-order valence-corrected chi connectivity index (χ4v) is 11.6. The summed E-state index contributed by atoms with van der Waals surface area (Å²) in [6.45, 7) is 11.6. The van der Waals surface area contributed by atoms with Gasteiger partial charge in [-0.3, -0.25) is 0 Å². The van der Waals surface area contributed by atoms with Gasteiger partial charge in [0, 0.05) is 34.1 Å². The summed E-state index contributed by atoms with van der Waals surface area (Å²) in [7, 11) is 0. The Kier molecular flexibility index (Phi) is 8.29. The van der Waals surface area contributed by atoms with Gasteiger partial charge in [0.2, 0.25) is 13.4 Å². The van der Waals surface area contributed by atoms with Gasteiger partial charge in [-0.2, -0.15) is 0 Å². The molecule has 9 aromatic rings. The summed E-state index contributed by atoms with van der Waals surface area (Å²) in [4.78, 5) is 5.16. The number of fused-ring (bicyclic) bond motifs is 10. The van der Waals surface area contributed by atoms with Gasteiger partial charge in [-0.15, -0.1) is 0 Å². The number of hydrogen-bond acceptors (Lipinski definition) is 2. The lowest BCUT2D eigenvalue weighted by atomic mass is 9.34. The number of nitrogens with zero attached hydrogens (tertiary/aromatic N) is 2. The predicted molar refractivity (Wildman–Crippen MR) is 280 cm³/mol. The van der Waals surface area contributed by atoms with E-state index in [1.165, 1.54) is 123 Å². The largest absolute Gasteiger partial charge is 0.311 e. The van der Waals surface area contributed by atoms with Crippen molar-refractivity contribution in [1.29, 1.82) is 0 Å². The lowest BCUT2D eigenvalue weighted by molar-refractivity contribution is 0.590. The monoisotopic (exact) mass is 830 g/mol. The lowest BCUT2D eigenvalue weighted by Crippen LogP contribution is -2.58. The van der Waals surface area contributed by atoms with Crippen molar-refractivity contribution in [3.8, 4) is 44.5 Å². The first-order chi connectivity index (χ1) is 31.7. The highest BCUT2D eigenvalue weighted by molar-refractivity contribution is 7.03. The quantitative estimate of drug-likeness (QED) is 0.159. The van der Waals surface area contributed by atoms with E-state index in [-0.39, 0.29) is 18.8 Å². The van der Waals surface area contributed by atoms with E-state index in [0.717, 1.165) is 0 Å². The fraction of sp³-hybridized carbons (Fsp3) is 0.115. The SMILES string of the molecule is CC(C)c1ccc(-c2cc3c4c(c2)N(c2ccccc2)c2cc5c(cc2B4c2ccccc2-3)N(c2ccccc2)c2cc(-c3ccc(C(C)(C)C)cc3)cc3c2B5c2ccccc2-3)cc1. The van der Waals surface area contributed by atoms with Gasteiger partial charge in [0.05, 0.1) is 0 Å². The summed E-state index contributed by atoms with van der Waals surface area (Å²) in [5.74, 6) is 0.481. The normalized spacial score (nSPS) is 13.6. The van der Waals surface area contributed by atoms with Crippen LogP contribution < -0.4 is 42.6 Å². The summed E-state index contributed by atoms with van der Waals surface area (Å²) < 4.78 is 0. The van der Waals surface area contributed by atoms with Crippen molar-refractivity contribution in [3.63, 3.8) is 0 Å². The summed E-state index contributed by atoms with van der Waals surface area (Å²) in [6.07, 6.45) is 0. The minimum atomic E-state index is 0.0741. The second-order valence-corrected chi connectivity index (χ2v) is 19.9. The smallest absolute Gasteiger partial charge is 0.248 e. The molecule has 0 aromatic heterocycles. The molecule has 4 aliphatic rings. The number of anilines is 6. The molecule has 308 valence electrons. The second kappa shape index (κ2) is 14.1. The molecule has 0 aliphatic carbocycles. The van der Waals surface area contributed by atoms with Crippen molar-refractivity contribution in [2.24, 2.45) is 0 Å². The summed E-state index contributed by atoms with van der Waals surface area (Å²) >= 11 is 0. The third kappa shape index (κ3) is 5.69. The number of benzene rings is 9. The van der Waals surface area contributed by atoms with E-state index in [1.807, 2.05) is 0 Å². The van der Waals surface area contributed by atoms with Gasteiger partial charge in [-0.05, 0) is 149 Å².